The van der Waals surface area contributed by atoms with Gasteiger partial charge in [0.25, 0.3) is 0 Å². The van der Waals surface area contributed by atoms with Crippen LogP contribution in [0.2, 0.25) is 5.02 Å². The molecule has 0 aromatic heterocycles. The molecule has 0 bridgehead atoms. The molecule has 0 unspecified atom stereocenters. The predicted octanol–water partition coefficient (Wildman–Crippen LogP) is 3.91. The maximum atomic E-state index is 13.3. The number of rotatable bonds is 2. The van der Waals surface area contributed by atoms with Crippen molar-refractivity contribution in [1.82, 2.24) is 0 Å². The van der Waals surface area contributed by atoms with E-state index >= 15 is 0 Å². The second kappa shape index (κ2) is 5.02. The molecular formula is C15H13ClFNO. The third kappa shape index (κ3) is 2.76. The minimum Gasteiger partial charge on any atom is -0.399 e. The average Bonchev–Trinajstić information content (AvgIpc) is 2.31. The maximum absolute atomic E-state index is 13.3. The first kappa shape index (κ1) is 13.6. The Labute approximate surface area is 116 Å². The molecule has 0 saturated carbocycles. The van der Waals surface area contributed by atoms with Crippen LogP contribution in [0.15, 0.2) is 30.3 Å². The monoisotopic (exact) mass is 277 g/mol. The van der Waals surface area contributed by atoms with Crippen LogP contribution in [0.4, 0.5) is 10.1 Å². The Morgan fingerprint density at radius 3 is 2.47 bits per heavy atom. The second-order valence-corrected chi connectivity index (χ2v) is 4.95. The van der Waals surface area contributed by atoms with Gasteiger partial charge in [-0.3, -0.25) is 4.79 Å². The molecule has 2 rings (SSSR count). The summed E-state index contributed by atoms with van der Waals surface area (Å²) in [5.74, 6) is -0.686. The maximum Gasteiger partial charge on any atom is 0.194 e. The molecule has 0 aliphatic carbocycles. The molecular weight excluding hydrogens is 265 g/mol. The van der Waals surface area contributed by atoms with Gasteiger partial charge in [-0.05, 0) is 55.3 Å². The van der Waals surface area contributed by atoms with Crippen LogP contribution in [-0.2, 0) is 0 Å². The Kier molecular flexibility index (Phi) is 3.58. The summed E-state index contributed by atoms with van der Waals surface area (Å²) in [6.07, 6.45) is 0. The number of carbonyl (C=O) groups is 1. The summed E-state index contributed by atoms with van der Waals surface area (Å²) < 4.78 is 13.3. The number of nitrogen functional groups attached to an aromatic ring is 1. The molecule has 0 radical (unpaired) electrons. The van der Waals surface area contributed by atoms with E-state index in [-0.39, 0.29) is 16.4 Å². The highest BCUT2D eigenvalue weighted by atomic mass is 35.5. The molecule has 0 fully saturated rings. The van der Waals surface area contributed by atoms with Crippen molar-refractivity contribution in [2.24, 2.45) is 0 Å². The van der Waals surface area contributed by atoms with Gasteiger partial charge in [-0.2, -0.15) is 0 Å². The van der Waals surface area contributed by atoms with Crippen molar-refractivity contribution in [2.45, 2.75) is 13.8 Å². The first-order valence-electron chi connectivity index (χ1n) is 5.76. The number of hydrogen-bond donors (Lipinski definition) is 1. The molecule has 0 amide bonds. The van der Waals surface area contributed by atoms with E-state index < -0.39 is 5.82 Å². The summed E-state index contributed by atoms with van der Waals surface area (Å²) in [6, 6.07) is 7.70. The lowest BCUT2D eigenvalue weighted by Crippen LogP contribution is -2.05. The van der Waals surface area contributed by atoms with Gasteiger partial charge in [-0.1, -0.05) is 11.6 Å². The second-order valence-electron chi connectivity index (χ2n) is 4.54. The van der Waals surface area contributed by atoms with E-state index in [1.165, 1.54) is 6.07 Å². The van der Waals surface area contributed by atoms with Crippen molar-refractivity contribution in [3.63, 3.8) is 0 Å². The Morgan fingerprint density at radius 2 is 1.84 bits per heavy atom. The SMILES string of the molecule is Cc1cc(N)cc(C(=O)c2cc(C)c(F)cc2Cl)c1. The van der Waals surface area contributed by atoms with Gasteiger partial charge in [0, 0.05) is 16.8 Å². The number of hydrogen-bond acceptors (Lipinski definition) is 2. The van der Waals surface area contributed by atoms with E-state index in [0.29, 0.717) is 16.8 Å². The number of carbonyl (C=O) groups excluding carboxylic acids is 1. The van der Waals surface area contributed by atoms with Crippen molar-refractivity contribution < 1.29 is 9.18 Å². The molecule has 4 heteroatoms. The van der Waals surface area contributed by atoms with E-state index in [1.807, 2.05) is 6.92 Å². The van der Waals surface area contributed by atoms with E-state index in [2.05, 4.69) is 0 Å². The van der Waals surface area contributed by atoms with Gasteiger partial charge in [-0.15, -0.1) is 0 Å². The average molecular weight is 278 g/mol. The molecule has 2 aromatic rings. The van der Waals surface area contributed by atoms with E-state index in [0.717, 1.165) is 11.6 Å². The van der Waals surface area contributed by atoms with Crippen molar-refractivity contribution in [1.29, 1.82) is 0 Å². The first-order chi connectivity index (χ1) is 8.88. The zero-order chi connectivity index (χ0) is 14.2. The van der Waals surface area contributed by atoms with Gasteiger partial charge in [0.2, 0.25) is 0 Å². The Morgan fingerprint density at radius 1 is 1.16 bits per heavy atom. The summed E-state index contributed by atoms with van der Waals surface area (Å²) >= 11 is 5.93. The van der Waals surface area contributed by atoms with E-state index in [4.69, 9.17) is 17.3 Å². The lowest BCUT2D eigenvalue weighted by Gasteiger charge is -2.08. The van der Waals surface area contributed by atoms with Crippen LogP contribution in [-0.4, -0.2) is 5.78 Å². The fraction of sp³-hybridized carbons (Fsp3) is 0.133. The molecule has 0 heterocycles. The normalized spacial score (nSPS) is 10.5. The summed E-state index contributed by atoms with van der Waals surface area (Å²) in [5.41, 5.74) is 8.24. The number of halogens is 2. The van der Waals surface area contributed by atoms with Crippen molar-refractivity contribution in [2.75, 3.05) is 5.73 Å². The number of nitrogens with two attached hydrogens (primary N) is 1. The fourth-order valence-electron chi connectivity index (χ4n) is 1.93. The molecule has 98 valence electrons. The molecule has 0 saturated heterocycles. The highest BCUT2D eigenvalue weighted by Gasteiger charge is 2.15. The number of anilines is 1. The van der Waals surface area contributed by atoms with Crippen LogP contribution >= 0.6 is 11.6 Å². The highest BCUT2D eigenvalue weighted by Crippen LogP contribution is 2.24. The third-order valence-electron chi connectivity index (χ3n) is 2.85. The Balaban J connectivity index is 2.53. The molecule has 0 aliphatic heterocycles. The third-order valence-corrected chi connectivity index (χ3v) is 3.17. The van der Waals surface area contributed by atoms with Crippen LogP contribution in [0.3, 0.4) is 0 Å². The van der Waals surface area contributed by atoms with Gasteiger partial charge >= 0.3 is 0 Å². The lowest BCUT2D eigenvalue weighted by molar-refractivity contribution is 0.103. The molecule has 2 N–H and O–H groups in total. The lowest BCUT2D eigenvalue weighted by atomic mass is 9.99. The fourth-order valence-corrected chi connectivity index (χ4v) is 2.17. The number of benzene rings is 2. The van der Waals surface area contributed by atoms with E-state index in [1.54, 1.807) is 25.1 Å². The Bertz CT molecular complexity index is 647. The summed E-state index contributed by atoms with van der Waals surface area (Å²) in [6.45, 7) is 3.44. The largest absolute Gasteiger partial charge is 0.399 e. The Hall–Kier alpha value is -1.87. The summed E-state index contributed by atoms with van der Waals surface area (Å²) in [7, 11) is 0. The summed E-state index contributed by atoms with van der Waals surface area (Å²) in [5, 5.41) is 0.105. The summed E-state index contributed by atoms with van der Waals surface area (Å²) in [4.78, 5) is 12.4. The van der Waals surface area contributed by atoms with Crippen molar-refractivity contribution >= 4 is 23.1 Å². The molecule has 2 aromatic carbocycles. The first-order valence-corrected chi connectivity index (χ1v) is 6.14. The number of ketones is 1. The van der Waals surface area contributed by atoms with Crippen LogP contribution in [0, 0.1) is 19.7 Å². The minimum absolute atomic E-state index is 0.105. The minimum atomic E-state index is -0.426. The number of aryl methyl sites for hydroxylation is 2. The van der Waals surface area contributed by atoms with Gasteiger partial charge in [0.05, 0.1) is 5.02 Å². The molecule has 0 aliphatic rings. The zero-order valence-electron chi connectivity index (χ0n) is 10.6. The molecule has 0 spiro atoms. The predicted molar refractivity (Wildman–Crippen MR) is 75.2 cm³/mol. The molecule has 19 heavy (non-hydrogen) atoms. The van der Waals surface area contributed by atoms with Gasteiger partial charge in [-0.25, -0.2) is 4.39 Å². The van der Waals surface area contributed by atoms with Gasteiger partial charge < -0.3 is 5.73 Å². The smallest absolute Gasteiger partial charge is 0.194 e. The van der Waals surface area contributed by atoms with E-state index in [9.17, 15) is 9.18 Å². The molecule has 0 atom stereocenters. The van der Waals surface area contributed by atoms with Crippen LogP contribution in [0.25, 0.3) is 0 Å². The molecule has 2 nitrogen and oxygen atoms in total. The quantitative estimate of drug-likeness (QED) is 0.668. The van der Waals surface area contributed by atoms with Gasteiger partial charge in [0.15, 0.2) is 5.78 Å². The van der Waals surface area contributed by atoms with Gasteiger partial charge in [0.1, 0.15) is 5.82 Å². The topological polar surface area (TPSA) is 43.1 Å². The standard InChI is InChI=1S/C15H13ClFNO/c1-8-3-10(6-11(18)4-8)15(19)12-5-9(2)14(17)7-13(12)16/h3-7H,18H2,1-2H3. The highest BCUT2D eigenvalue weighted by molar-refractivity contribution is 6.35. The van der Waals surface area contributed by atoms with Crippen LogP contribution < -0.4 is 5.73 Å². The van der Waals surface area contributed by atoms with Crippen LogP contribution in [0.1, 0.15) is 27.0 Å². The zero-order valence-corrected chi connectivity index (χ0v) is 11.4. The van der Waals surface area contributed by atoms with Crippen LogP contribution in [0.5, 0.6) is 0 Å². The van der Waals surface area contributed by atoms with Crippen molar-refractivity contribution in [3.05, 3.63) is 63.4 Å². The van der Waals surface area contributed by atoms with Crippen molar-refractivity contribution in [3.8, 4) is 0 Å².